The number of anilines is 1. The first-order chi connectivity index (χ1) is 7.33. The average Bonchev–Trinajstić information content (AvgIpc) is 2.26. The van der Waals surface area contributed by atoms with E-state index < -0.39 is 0 Å². The molecular formula is C11H16N2OS. The standard InChI is InChI=1S/C11H16N2OS/c14-9-5-4-8-12-11(15)13-10-6-2-1-3-7-10/h1-3,6-7,14H,4-5,8-9H2,(H2,12,13,15). The molecular weight excluding hydrogens is 208 g/mol. The fourth-order valence-electron chi connectivity index (χ4n) is 1.14. The van der Waals surface area contributed by atoms with Gasteiger partial charge in [-0.3, -0.25) is 0 Å². The lowest BCUT2D eigenvalue weighted by Crippen LogP contribution is -2.29. The first-order valence-electron chi connectivity index (χ1n) is 5.03. The van der Waals surface area contributed by atoms with Gasteiger partial charge in [0.25, 0.3) is 0 Å². The number of benzene rings is 1. The zero-order valence-electron chi connectivity index (χ0n) is 8.57. The summed E-state index contributed by atoms with van der Waals surface area (Å²) in [6.07, 6.45) is 1.73. The van der Waals surface area contributed by atoms with E-state index in [2.05, 4.69) is 10.6 Å². The second-order valence-electron chi connectivity index (χ2n) is 3.18. The topological polar surface area (TPSA) is 44.3 Å². The van der Waals surface area contributed by atoms with Gasteiger partial charge in [-0.05, 0) is 37.2 Å². The third-order valence-electron chi connectivity index (χ3n) is 1.90. The molecule has 1 rings (SSSR count). The van der Waals surface area contributed by atoms with Gasteiger partial charge in [-0.1, -0.05) is 18.2 Å². The summed E-state index contributed by atoms with van der Waals surface area (Å²) < 4.78 is 0. The summed E-state index contributed by atoms with van der Waals surface area (Å²) in [4.78, 5) is 0. The smallest absolute Gasteiger partial charge is 0.170 e. The molecule has 4 heteroatoms. The number of para-hydroxylation sites is 1. The molecule has 0 amide bonds. The van der Waals surface area contributed by atoms with E-state index in [9.17, 15) is 0 Å². The molecule has 0 bridgehead atoms. The fourth-order valence-corrected chi connectivity index (χ4v) is 1.36. The van der Waals surface area contributed by atoms with Crippen molar-refractivity contribution < 1.29 is 5.11 Å². The number of hydrogen-bond acceptors (Lipinski definition) is 2. The van der Waals surface area contributed by atoms with Gasteiger partial charge in [0, 0.05) is 18.8 Å². The Morgan fingerprint density at radius 3 is 2.60 bits per heavy atom. The molecule has 0 aliphatic heterocycles. The van der Waals surface area contributed by atoms with Gasteiger partial charge in [-0.2, -0.15) is 0 Å². The van der Waals surface area contributed by atoms with Crippen LogP contribution in [-0.4, -0.2) is 23.4 Å². The second-order valence-corrected chi connectivity index (χ2v) is 3.59. The lowest BCUT2D eigenvalue weighted by molar-refractivity contribution is 0.285. The van der Waals surface area contributed by atoms with Gasteiger partial charge in [0.15, 0.2) is 5.11 Å². The van der Waals surface area contributed by atoms with Gasteiger partial charge in [0.2, 0.25) is 0 Å². The highest BCUT2D eigenvalue weighted by molar-refractivity contribution is 7.80. The third-order valence-corrected chi connectivity index (χ3v) is 2.15. The minimum Gasteiger partial charge on any atom is -0.396 e. The van der Waals surface area contributed by atoms with Crippen LogP contribution in [0.15, 0.2) is 30.3 Å². The molecule has 0 saturated carbocycles. The van der Waals surface area contributed by atoms with Gasteiger partial charge in [-0.25, -0.2) is 0 Å². The Labute approximate surface area is 95.5 Å². The number of aliphatic hydroxyl groups is 1. The van der Waals surface area contributed by atoms with Crippen molar-refractivity contribution in [2.75, 3.05) is 18.5 Å². The van der Waals surface area contributed by atoms with Crippen LogP contribution in [-0.2, 0) is 0 Å². The Kier molecular flexibility index (Phi) is 5.73. The summed E-state index contributed by atoms with van der Waals surface area (Å²) >= 11 is 5.10. The Morgan fingerprint density at radius 1 is 1.20 bits per heavy atom. The molecule has 0 fully saturated rings. The molecule has 15 heavy (non-hydrogen) atoms. The lowest BCUT2D eigenvalue weighted by atomic mass is 10.3. The summed E-state index contributed by atoms with van der Waals surface area (Å²) in [5.41, 5.74) is 0.983. The van der Waals surface area contributed by atoms with Crippen LogP contribution in [0.2, 0.25) is 0 Å². The summed E-state index contributed by atoms with van der Waals surface area (Å²) in [5.74, 6) is 0. The monoisotopic (exact) mass is 224 g/mol. The molecule has 0 aliphatic rings. The van der Waals surface area contributed by atoms with Crippen molar-refractivity contribution in [3.05, 3.63) is 30.3 Å². The van der Waals surface area contributed by atoms with Crippen molar-refractivity contribution in [2.45, 2.75) is 12.8 Å². The fraction of sp³-hybridized carbons (Fsp3) is 0.364. The Morgan fingerprint density at radius 2 is 1.93 bits per heavy atom. The molecule has 0 aromatic heterocycles. The molecule has 82 valence electrons. The molecule has 3 nitrogen and oxygen atoms in total. The highest BCUT2D eigenvalue weighted by atomic mass is 32.1. The van der Waals surface area contributed by atoms with E-state index in [0.717, 1.165) is 25.1 Å². The first kappa shape index (κ1) is 11.9. The minimum absolute atomic E-state index is 0.237. The maximum atomic E-state index is 8.59. The SMILES string of the molecule is OCCCCNC(=S)Nc1ccccc1. The van der Waals surface area contributed by atoms with Crippen LogP contribution in [0.1, 0.15) is 12.8 Å². The van der Waals surface area contributed by atoms with Crippen LogP contribution in [0.3, 0.4) is 0 Å². The van der Waals surface area contributed by atoms with E-state index >= 15 is 0 Å². The number of aliphatic hydroxyl groups excluding tert-OH is 1. The van der Waals surface area contributed by atoms with Crippen LogP contribution in [0, 0.1) is 0 Å². The van der Waals surface area contributed by atoms with Crippen LogP contribution < -0.4 is 10.6 Å². The van der Waals surface area contributed by atoms with Gasteiger partial charge in [0.1, 0.15) is 0 Å². The number of rotatable bonds is 5. The number of nitrogens with one attached hydrogen (secondary N) is 2. The molecule has 1 aromatic carbocycles. The molecule has 0 heterocycles. The van der Waals surface area contributed by atoms with Crippen molar-refractivity contribution in [2.24, 2.45) is 0 Å². The van der Waals surface area contributed by atoms with Gasteiger partial charge in [0.05, 0.1) is 0 Å². The predicted octanol–water partition coefficient (Wildman–Crippen LogP) is 1.75. The molecule has 0 unspecified atom stereocenters. The van der Waals surface area contributed by atoms with Crippen molar-refractivity contribution in [3.8, 4) is 0 Å². The summed E-state index contributed by atoms with van der Waals surface area (Å²) in [7, 11) is 0. The molecule has 0 saturated heterocycles. The van der Waals surface area contributed by atoms with E-state index in [1.807, 2.05) is 30.3 Å². The highest BCUT2D eigenvalue weighted by Crippen LogP contribution is 2.04. The molecule has 0 radical (unpaired) electrons. The quantitative estimate of drug-likeness (QED) is 0.526. The Hall–Kier alpha value is -1.13. The largest absolute Gasteiger partial charge is 0.396 e. The maximum Gasteiger partial charge on any atom is 0.170 e. The molecule has 0 aliphatic carbocycles. The zero-order chi connectivity index (χ0) is 10.9. The van der Waals surface area contributed by atoms with E-state index in [1.165, 1.54) is 0 Å². The number of hydrogen-bond donors (Lipinski definition) is 3. The van der Waals surface area contributed by atoms with E-state index in [0.29, 0.717) is 5.11 Å². The van der Waals surface area contributed by atoms with E-state index in [1.54, 1.807) is 0 Å². The van der Waals surface area contributed by atoms with Crippen molar-refractivity contribution >= 4 is 23.0 Å². The van der Waals surface area contributed by atoms with Crippen molar-refractivity contribution in [1.29, 1.82) is 0 Å². The van der Waals surface area contributed by atoms with Crippen molar-refractivity contribution in [1.82, 2.24) is 5.32 Å². The highest BCUT2D eigenvalue weighted by Gasteiger charge is 1.95. The van der Waals surface area contributed by atoms with Crippen LogP contribution in [0.5, 0.6) is 0 Å². The molecule has 0 spiro atoms. The van der Waals surface area contributed by atoms with E-state index in [4.69, 9.17) is 17.3 Å². The lowest BCUT2D eigenvalue weighted by Gasteiger charge is -2.09. The van der Waals surface area contributed by atoms with Gasteiger partial charge >= 0.3 is 0 Å². The Bertz CT molecular complexity index is 290. The molecule has 0 atom stereocenters. The van der Waals surface area contributed by atoms with Crippen LogP contribution in [0.25, 0.3) is 0 Å². The first-order valence-corrected chi connectivity index (χ1v) is 5.44. The third kappa shape index (κ3) is 5.34. The maximum absolute atomic E-state index is 8.59. The zero-order valence-corrected chi connectivity index (χ0v) is 9.39. The van der Waals surface area contributed by atoms with Crippen LogP contribution in [0.4, 0.5) is 5.69 Å². The Balaban J connectivity index is 2.19. The van der Waals surface area contributed by atoms with Crippen molar-refractivity contribution in [3.63, 3.8) is 0 Å². The number of unbranched alkanes of at least 4 members (excludes halogenated alkanes) is 1. The van der Waals surface area contributed by atoms with E-state index in [-0.39, 0.29) is 6.61 Å². The molecule has 3 N–H and O–H groups in total. The number of thiocarbonyl (C=S) groups is 1. The molecule has 1 aromatic rings. The summed E-state index contributed by atoms with van der Waals surface area (Å²) in [6, 6.07) is 9.79. The minimum atomic E-state index is 0.237. The predicted molar refractivity (Wildman–Crippen MR) is 67.0 cm³/mol. The average molecular weight is 224 g/mol. The summed E-state index contributed by atoms with van der Waals surface area (Å²) in [6.45, 7) is 1.03. The second kappa shape index (κ2) is 7.20. The summed E-state index contributed by atoms with van der Waals surface area (Å²) in [5, 5.41) is 15.4. The van der Waals surface area contributed by atoms with Gasteiger partial charge < -0.3 is 15.7 Å². The van der Waals surface area contributed by atoms with Crippen LogP contribution >= 0.6 is 12.2 Å². The van der Waals surface area contributed by atoms with Gasteiger partial charge in [-0.15, -0.1) is 0 Å². The normalized spacial score (nSPS) is 9.67.